The highest BCUT2D eigenvalue weighted by Gasteiger charge is 2.15. The molecular formula is C34H23ClN2. The largest absolute Gasteiger partial charge is 0.252 e. The van der Waals surface area contributed by atoms with Crippen LogP contribution in [0.5, 0.6) is 0 Å². The van der Waals surface area contributed by atoms with Crippen LogP contribution in [-0.4, -0.2) is 9.97 Å². The molecule has 0 atom stereocenters. The van der Waals surface area contributed by atoms with Crippen LogP contribution in [0.4, 0.5) is 0 Å². The van der Waals surface area contributed by atoms with Gasteiger partial charge in [0.05, 0.1) is 23.3 Å². The molecule has 6 rings (SSSR count). The molecule has 3 heteroatoms. The van der Waals surface area contributed by atoms with Crippen LogP contribution in [0.3, 0.4) is 0 Å². The van der Waals surface area contributed by atoms with Crippen molar-refractivity contribution in [3.63, 3.8) is 0 Å². The van der Waals surface area contributed by atoms with Gasteiger partial charge in [-0.05, 0) is 46.5 Å². The molecule has 0 spiro atoms. The Morgan fingerprint density at radius 2 is 0.892 bits per heavy atom. The number of nitrogens with zero attached hydrogens (tertiary/aromatic N) is 2. The number of hydrogen-bond donors (Lipinski definition) is 0. The van der Waals surface area contributed by atoms with Crippen LogP contribution in [-0.2, 0) is 0 Å². The molecule has 0 unspecified atom stereocenters. The zero-order valence-electron chi connectivity index (χ0n) is 20.1. The van der Waals surface area contributed by atoms with Crippen LogP contribution in [0.15, 0.2) is 140 Å². The van der Waals surface area contributed by atoms with Crippen molar-refractivity contribution in [3.8, 4) is 56.0 Å². The number of benzene rings is 5. The molecule has 0 radical (unpaired) electrons. The third-order valence-corrected chi connectivity index (χ3v) is 6.61. The lowest BCUT2D eigenvalue weighted by Crippen LogP contribution is -1.97. The standard InChI is InChI=1S/C34H23ClN2/c35-31-19-9-16-28(22-31)32-23-36-33(29-17-7-14-26(20-29)24-10-3-1-4-11-24)34(37-32)30-18-8-15-27(21-30)25-12-5-2-6-13-25/h1-23H. The van der Waals surface area contributed by atoms with Crippen molar-refractivity contribution >= 4 is 11.6 Å². The Bertz CT molecular complexity index is 1680. The van der Waals surface area contributed by atoms with Crippen LogP contribution < -0.4 is 0 Å². The van der Waals surface area contributed by atoms with Gasteiger partial charge in [-0.1, -0.05) is 121 Å². The number of aromatic nitrogens is 2. The summed E-state index contributed by atoms with van der Waals surface area (Å²) in [5, 5.41) is 0.673. The molecule has 0 aliphatic carbocycles. The van der Waals surface area contributed by atoms with Gasteiger partial charge in [0, 0.05) is 21.7 Å². The Labute approximate surface area is 221 Å². The molecule has 0 amide bonds. The van der Waals surface area contributed by atoms with E-state index in [0.29, 0.717) is 5.02 Å². The van der Waals surface area contributed by atoms with Gasteiger partial charge in [0.2, 0.25) is 0 Å². The van der Waals surface area contributed by atoms with E-state index in [2.05, 4.69) is 97.1 Å². The Kier molecular flexibility index (Phi) is 6.33. The van der Waals surface area contributed by atoms with Crippen LogP contribution in [0.25, 0.3) is 56.0 Å². The van der Waals surface area contributed by atoms with Gasteiger partial charge in [0.1, 0.15) is 0 Å². The Morgan fingerprint density at radius 1 is 0.405 bits per heavy atom. The second-order valence-electron chi connectivity index (χ2n) is 8.86. The zero-order valence-corrected chi connectivity index (χ0v) is 20.8. The van der Waals surface area contributed by atoms with Gasteiger partial charge in [-0.3, -0.25) is 4.98 Å². The van der Waals surface area contributed by atoms with Crippen LogP contribution in [0, 0.1) is 0 Å². The highest BCUT2D eigenvalue weighted by molar-refractivity contribution is 6.30. The van der Waals surface area contributed by atoms with E-state index in [9.17, 15) is 0 Å². The van der Waals surface area contributed by atoms with Gasteiger partial charge in [0.25, 0.3) is 0 Å². The third kappa shape index (κ3) is 4.93. The number of hydrogen-bond acceptors (Lipinski definition) is 2. The second-order valence-corrected chi connectivity index (χ2v) is 9.29. The molecule has 0 N–H and O–H groups in total. The van der Waals surface area contributed by atoms with E-state index in [1.807, 2.05) is 42.6 Å². The highest BCUT2D eigenvalue weighted by atomic mass is 35.5. The molecule has 37 heavy (non-hydrogen) atoms. The van der Waals surface area contributed by atoms with Crippen molar-refractivity contribution in [3.05, 3.63) is 145 Å². The zero-order chi connectivity index (χ0) is 25.0. The summed E-state index contributed by atoms with van der Waals surface area (Å²) >= 11 is 6.29. The first kappa shape index (κ1) is 22.9. The molecule has 0 saturated carbocycles. The normalized spacial score (nSPS) is 10.8. The first-order valence-electron chi connectivity index (χ1n) is 12.2. The number of rotatable bonds is 5. The van der Waals surface area contributed by atoms with Crippen molar-refractivity contribution < 1.29 is 0 Å². The molecule has 176 valence electrons. The Morgan fingerprint density at radius 3 is 1.49 bits per heavy atom. The van der Waals surface area contributed by atoms with Crippen LogP contribution in [0.1, 0.15) is 0 Å². The smallest absolute Gasteiger partial charge is 0.0972 e. The summed E-state index contributed by atoms with van der Waals surface area (Å²) in [4.78, 5) is 10.1. The maximum absolute atomic E-state index is 6.29. The van der Waals surface area contributed by atoms with Crippen molar-refractivity contribution in [2.75, 3.05) is 0 Å². The molecule has 1 aromatic heterocycles. The minimum absolute atomic E-state index is 0.673. The predicted octanol–water partition coefficient (Wildman–Crippen LogP) is 9.46. The van der Waals surface area contributed by atoms with Gasteiger partial charge in [-0.15, -0.1) is 0 Å². The van der Waals surface area contributed by atoms with Gasteiger partial charge in [-0.2, -0.15) is 0 Å². The summed E-state index contributed by atoms with van der Waals surface area (Å²) < 4.78 is 0. The first-order valence-corrected chi connectivity index (χ1v) is 12.6. The summed E-state index contributed by atoms with van der Waals surface area (Å²) in [6.45, 7) is 0. The molecule has 0 bridgehead atoms. The van der Waals surface area contributed by atoms with E-state index in [1.54, 1.807) is 0 Å². The van der Waals surface area contributed by atoms with Crippen LogP contribution >= 0.6 is 11.6 Å². The highest BCUT2D eigenvalue weighted by Crippen LogP contribution is 2.35. The van der Waals surface area contributed by atoms with Crippen molar-refractivity contribution in [2.45, 2.75) is 0 Å². The summed E-state index contributed by atoms with van der Waals surface area (Å²) in [6, 6.07) is 45.5. The van der Waals surface area contributed by atoms with Gasteiger partial charge < -0.3 is 0 Å². The minimum atomic E-state index is 0.673. The molecule has 0 fully saturated rings. The van der Waals surface area contributed by atoms with E-state index in [0.717, 1.165) is 50.5 Å². The molecule has 0 saturated heterocycles. The fourth-order valence-corrected chi connectivity index (χ4v) is 4.73. The van der Waals surface area contributed by atoms with E-state index in [-0.39, 0.29) is 0 Å². The summed E-state index contributed by atoms with van der Waals surface area (Å²) in [5.41, 5.74) is 10.0. The average Bonchev–Trinajstić information content (AvgIpc) is 2.98. The van der Waals surface area contributed by atoms with E-state index >= 15 is 0 Å². The van der Waals surface area contributed by atoms with Crippen molar-refractivity contribution in [2.24, 2.45) is 0 Å². The summed E-state index contributed by atoms with van der Waals surface area (Å²) in [5.74, 6) is 0. The molecule has 0 aliphatic rings. The van der Waals surface area contributed by atoms with Crippen LogP contribution in [0.2, 0.25) is 5.02 Å². The van der Waals surface area contributed by atoms with Gasteiger partial charge in [-0.25, -0.2) is 4.98 Å². The topological polar surface area (TPSA) is 25.8 Å². The molecular weight excluding hydrogens is 472 g/mol. The van der Waals surface area contributed by atoms with E-state index in [4.69, 9.17) is 21.6 Å². The average molecular weight is 495 g/mol. The molecule has 5 aromatic carbocycles. The predicted molar refractivity (Wildman–Crippen MR) is 154 cm³/mol. The Hall–Kier alpha value is -4.53. The molecule has 6 aromatic rings. The molecule has 1 heterocycles. The Balaban J connectivity index is 1.53. The maximum atomic E-state index is 6.29. The molecule has 0 aliphatic heterocycles. The van der Waals surface area contributed by atoms with Gasteiger partial charge >= 0.3 is 0 Å². The van der Waals surface area contributed by atoms with E-state index in [1.165, 1.54) is 5.56 Å². The molecule has 2 nitrogen and oxygen atoms in total. The first-order chi connectivity index (χ1) is 18.2. The van der Waals surface area contributed by atoms with E-state index < -0.39 is 0 Å². The van der Waals surface area contributed by atoms with Crippen molar-refractivity contribution in [1.82, 2.24) is 9.97 Å². The fraction of sp³-hybridized carbons (Fsp3) is 0. The monoisotopic (exact) mass is 494 g/mol. The summed E-state index contributed by atoms with van der Waals surface area (Å²) in [6.07, 6.45) is 1.83. The number of halogens is 1. The third-order valence-electron chi connectivity index (χ3n) is 6.38. The summed E-state index contributed by atoms with van der Waals surface area (Å²) in [7, 11) is 0. The quantitative estimate of drug-likeness (QED) is 0.238. The maximum Gasteiger partial charge on any atom is 0.0972 e. The lowest BCUT2D eigenvalue weighted by atomic mass is 9.97. The lowest BCUT2D eigenvalue weighted by Gasteiger charge is -2.13. The van der Waals surface area contributed by atoms with Gasteiger partial charge in [0.15, 0.2) is 0 Å². The van der Waals surface area contributed by atoms with Crippen molar-refractivity contribution in [1.29, 1.82) is 0 Å². The second kappa shape index (κ2) is 10.2. The fourth-order valence-electron chi connectivity index (χ4n) is 4.54. The SMILES string of the molecule is Clc1cccc(-c2cnc(-c3cccc(-c4ccccc4)c3)c(-c3cccc(-c4ccccc4)c3)n2)c1. The minimum Gasteiger partial charge on any atom is -0.252 e. The lowest BCUT2D eigenvalue weighted by molar-refractivity contribution is 1.21.